The first-order valence-electron chi connectivity index (χ1n) is 9.20. The van der Waals surface area contributed by atoms with Gasteiger partial charge < -0.3 is 14.2 Å². The molecule has 1 amide bonds. The number of fused-ring (bicyclic) bond motifs is 1. The fraction of sp³-hybridized carbons (Fsp3) is 0.318. The molecule has 4 nitrogen and oxygen atoms in total. The van der Waals surface area contributed by atoms with E-state index < -0.39 is 0 Å². The topological polar surface area (TPSA) is 34.5 Å². The van der Waals surface area contributed by atoms with Crippen LogP contribution in [0, 0.1) is 0 Å². The van der Waals surface area contributed by atoms with Gasteiger partial charge >= 0.3 is 0 Å². The lowest BCUT2D eigenvalue weighted by molar-refractivity contribution is -0.0228. The Morgan fingerprint density at radius 1 is 1.12 bits per heavy atom. The molecule has 1 fully saturated rings. The van der Waals surface area contributed by atoms with E-state index in [1.54, 1.807) is 0 Å². The van der Waals surface area contributed by atoms with Crippen LogP contribution in [0.2, 0.25) is 0 Å². The van der Waals surface area contributed by atoms with Crippen molar-refractivity contribution in [2.24, 2.45) is 0 Å². The van der Waals surface area contributed by atoms with E-state index in [1.807, 2.05) is 35.2 Å². The second-order valence-corrected chi connectivity index (χ2v) is 7.11. The highest BCUT2D eigenvalue weighted by atomic mass is 16.5. The van der Waals surface area contributed by atoms with Crippen molar-refractivity contribution in [1.82, 2.24) is 9.47 Å². The van der Waals surface area contributed by atoms with E-state index in [1.165, 1.54) is 5.52 Å². The number of carbonyl (C=O) groups excluding carboxylic acids is 1. The van der Waals surface area contributed by atoms with Crippen LogP contribution in [0.15, 0.2) is 60.8 Å². The highest BCUT2D eigenvalue weighted by Crippen LogP contribution is 2.25. The van der Waals surface area contributed by atoms with Gasteiger partial charge in [-0.3, -0.25) is 4.79 Å². The summed E-state index contributed by atoms with van der Waals surface area (Å²) in [5.41, 5.74) is 3.03. The van der Waals surface area contributed by atoms with Gasteiger partial charge in [0.05, 0.1) is 13.2 Å². The second-order valence-electron chi connectivity index (χ2n) is 7.11. The molecule has 4 heteroatoms. The number of benzene rings is 2. The van der Waals surface area contributed by atoms with Crippen LogP contribution < -0.4 is 0 Å². The minimum absolute atomic E-state index is 0.0559. The molecule has 0 bridgehead atoms. The first-order chi connectivity index (χ1) is 12.6. The Labute approximate surface area is 154 Å². The number of amides is 1. The largest absolute Gasteiger partial charge is 0.370 e. The summed E-state index contributed by atoms with van der Waals surface area (Å²) < 4.78 is 8.11. The molecule has 4 rings (SSSR count). The number of carbonyl (C=O) groups is 1. The summed E-state index contributed by atoms with van der Waals surface area (Å²) in [5, 5.41) is 1.11. The predicted octanol–water partition coefficient (Wildman–Crippen LogP) is 4.44. The zero-order valence-corrected chi connectivity index (χ0v) is 15.3. The number of hydrogen-bond donors (Lipinski definition) is 0. The number of hydrogen-bond acceptors (Lipinski definition) is 2. The summed E-state index contributed by atoms with van der Waals surface area (Å²) >= 11 is 0. The van der Waals surface area contributed by atoms with Gasteiger partial charge in [0.2, 0.25) is 0 Å². The molecule has 1 atom stereocenters. The van der Waals surface area contributed by atoms with E-state index in [4.69, 9.17) is 4.74 Å². The van der Waals surface area contributed by atoms with Gasteiger partial charge in [0, 0.05) is 35.2 Å². The number of morpholine rings is 1. The quantitative estimate of drug-likeness (QED) is 0.701. The molecule has 134 valence electrons. The van der Waals surface area contributed by atoms with Crippen molar-refractivity contribution >= 4 is 16.8 Å². The minimum Gasteiger partial charge on any atom is -0.370 e. The smallest absolute Gasteiger partial charge is 0.254 e. The van der Waals surface area contributed by atoms with Crippen LogP contribution in [-0.4, -0.2) is 35.1 Å². The molecule has 0 spiro atoms. The molecular formula is C22H24N2O2. The van der Waals surface area contributed by atoms with Crippen LogP contribution in [-0.2, 0) is 4.74 Å². The zero-order chi connectivity index (χ0) is 18.1. The molecular weight excluding hydrogens is 324 g/mol. The molecule has 2 aromatic carbocycles. The average molecular weight is 348 g/mol. The molecule has 26 heavy (non-hydrogen) atoms. The molecule has 1 unspecified atom stereocenters. The van der Waals surface area contributed by atoms with E-state index in [9.17, 15) is 4.79 Å². The number of ether oxygens (including phenoxy) is 1. The molecule has 2 heterocycles. The predicted molar refractivity (Wildman–Crippen MR) is 103 cm³/mol. The van der Waals surface area contributed by atoms with Crippen molar-refractivity contribution in [2.45, 2.75) is 26.0 Å². The average Bonchev–Trinajstić information content (AvgIpc) is 3.12. The van der Waals surface area contributed by atoms with Crippen molar-refractivity contribution in [2.75, 3.05) is 19.7 Å². The number of rotatable bonds is 3. The molecule has 0 radical (unpaired) electrons. The monoisotopic (exact) mass is 348 g/mol. The Kier molecular flexibility index (Phi) is 4.51. The highest BCUT2D eigenvalue weighted by Gasteiger charge is 2.26. The van der Waals surface area contributed by atoms with Gasteiger partial charge in [-0.25, -0.2) is 0 Å². The van der Waals surface area contributed by atoms with Gasteiger partial charge in [0.25, 0.3) is 5.91 Å². The molecule has 1 saturated heterocycles. The SMILES string of the molecule is CC(C)n1ccc2cc(C(=O)N3CCOC(c4ccccc4)C3)ccc21. The Morgan fingerprint density at radius 2 is 1.92 bits per heavy atom. The van der Waals surface area contributed by atoms with Gasteiger partial charge in [-0.15, -0.1) is 0 Å². The molecule has 0 saturated carbocycles. The van der Waals surface area contributed by atoms with Gasteiger partial charge in [0.1, 0.15) is 6.10 Å². The lowest BCUT2D eigenvalue weighted by atomic mass is 10.1. The van der Waals surface area contributed by atoms with E-state index in [-0.39, 0.29) is 12.0 Å². The summed E-state index contributed by atoms with van der Waals surface area (Å²) in [6.07, 6.45) is 2.03. The summed E-state index contributed by atoms with van der Waals surface area (Å²) in [6.45, 7) is 6.12. The Hall–Kier alpha value is -2.59. The summed E-state index contributed by atoms with van der Waals surface area (Å²) in [7, 11) is 0. The third kappa shape index (κ3) is 3.13. The fourth-order valence-corrected chi connectivity index (χ4v) is 3.63. The van der Waals surface area contributed by atoms with Crippen LogP contribution in [0.4, 0.5) is 0 Å². The van der Waals surface area contributed by atoms with E-state index in [0.717, 1.165) is 16.5 Å². The molecule has 1 aliphatic rings. The Balaban J connectivity index is 1.56. The molecule has 0 aliphatic carbocycles. The maximum absolute atomic E-state index is 13.0. The van der Waals surface area contributed by atoms with Gasteiger partial charge in [-0.05, 0) is 43.7 Å². The maximum atomic E-state index is 13.0. The summed E-state index contributed by atoms with van der Waals surface area (Å²) in [6, 6.07) is 18.6. The summed E-state index contributed by atoms with van der Waals surface area (Å²) in [5.74, 6) is 0.0772. The normalized spacial score (nSPS) is 17.8. The molecule has 3 aromatic rings. The minimum atomic E-state index is -0.0559. The third-order valence-corrected chi connectivity index (χ3v) is 5.05. The lowest BCUT2D eigenvalue weighted by Gasteiger charge is -2.33. The van der Waals surface area contributed by atoms with Gasteiger partial charge in [-0.2, -0.15) is 0 Å². The van der Waals surface area contributed by atoms with E-state index in [0.29, 0.717) is 25.7 Å². The van der Waals surface area contributed by atoms with Crippen molar-refractivity contribution in [1.29, 1.82) is 0 Å². The van der Waals surface area contributed by atoms with Crippen LogP contribution in [0.25, 0.3) is 10.9 Å². The maximum Gasteiger partial charge on any atom is 0.254 e. The van der Waals surface area contributed by atoms with Crippen molar-refractivity contribution in [3.05, 3.63) is 71.9 Å². The lowest BCUT2D eigenvalue weighted by Crippen LogP contribution is -2.42. The zero-order valence-electron chi connectivity index (χ0n) is 15.3. The van der Waals surface area contributed by atoms with Crippen LogP contribution in [0.3, 0.4) is 0 Å². The van der Waals surface area contributed by atoms with Gasteiger partial charge in [0.15, 0.2) is 0 Å². The van der Waals surface area contributed by atoms with Crippen molar-refractivity contribution in [3.8, 4) is 0 Å². The van der Waals surface area contributed by atoms with Crippen molar-refractivity contribution in [3.63, 3.8) is 0 Å². The molecule has 1 aliphatic heterocycles. The molecule has 0 N–H and O–H groups in total. The van der Waals surface area contributed by atoms with Crippen LogP contribution in [0.5, 0.6) is 0 Å². The molecule has 1 aromatic heterocycles. The first-order valence-corrected chi connectivity index (χ1v) is 9.20. The standard InChI is InChI=1S/C22H24N2O2/c1-16(2)24-11-10-18-14-19(8-9-20(18)24)22(25)23-12-13-26-21(15-23)17-6-4-3-5-7-17/h3-11,14,16,21H,12-13,15H2,1-2H3. The van der Waals surface area contributed by atoms with E-state index in [2.05, 4.69) is 48.9 Å². The van der Waals surface area contributed by atoms with Crippen LogP contribution in [0.1, 0.15) is 41.9 Å². The first kappa shape index (κ1) is 16.9. The van der Waals surface area contributed by atoms with Gasteiger partial charge in [-0.1, -0.05) is 30.3 Å². The number of nitrogens with zero attached hydrogens (tertiary/aromatic N) is 2. The number of aromatic nitrogens is 1. The Morgan fingerprint density at radius 3 is 2.69 bits per heavy atom. The fourth-order valence-electron chi connectivity index (χ4n) is 3.63. The highest BCUT2D eigenvalue weighted by molar-refractivity contribution is 5.98. The Bertz CT molecular complexity index is 914. The second kappa shape index (κ2) is 6.96. The third-order valence-electron chi connectivity index (χ3n) is 5.05. The summed E-state index contributed by atoms with van der Waals surface area (Å²) in [4.78, 5) is 14.9. The van der Waals surface area contributed by atoms with E-state index >= 15 is 0 Å². The van der Waals surface area contributed by atoms with Crippen LogP contribution >= 0.6 is 0 Å². The van der Waals surface area contributed by atoms with Crippen molar-refractivity contribution < 1.29 is 9.53 Å².